The third-order valence-corrected chi connectivity index (χ3v) is 3.54. The van der Waals surface area contributed by atoms with E-state index in [0.717, 1.165) is 5.56 Å². The Bertz CT molecular complexity index is 736. The first-order chi connectivity index (χ1) is 11.3. The minimum Gasteiger partial charge on any atom is -0.491 e. The fourth-order valence-electron chi connectivity index (χ4n) is 2.43. The van der Waals surface area contributed by atoms with Crippen molar-refractivity contribution in [3.8, 4) is 17.0 Å². The molecule has 3 aromatic rings. The molecule has 9 heteroatoms. The number of H-pyrrole nitrogens is 1. The highest BCUT2D eigenvalue weighted by Gasteiger charge is 2.15. The normalized spacial score (nSPS) is 14.3. The van der Waals surface area contributed by atoms with E-state index in [1.807, 2.05) is 0 Å². The minimum absolute atomic E-state index is 0.175. The molecule has 0 bridgehead atoms. The Hall–Kier alpha value is -2.68. The lowest BCUT2D eigenvalue weighted by Crippen LogP contribution is -2.21. The summed E-state index contributed by atoms with van der Waals surface area (Å²) in [5.74, 6) is 0.688. The van der Waals surface area contributed by atoms with E-state index in [9.17, 15) is 0 Å². The molecule has 4 heterocycles. The highest BCUT2D eigenvalue weighted by molar-refractivity contribution is 5.73. The van der Waals surface area contributed by atoms with Gasteiger partial charge in [-0.2, -0.15) is 14.6 Å². The molecule has 3 aromatic heterocycles. The maximum Gasteiger partial charge on any atom is 0.240 e. The average Bonchev–Trinajstić information content (AvgIpc) is 3.24. The number of anilines is 1. The zero-order valence-electron chi connectivity index (χ0n) is 13.0. The van der Waals surface area contributed by atoms with Crippen LogP contribution in [0.25, 0.3) is 16.9 Å². The number of ether oxygens (including phenoxy) is 1. The van der Waals surface area contributed by atoms with Crippen LogP contribution >= 0.6 is 0 Å². The van der Waals surface area contributed by atoms with E-state index in [4.69, 9.17) is 10.5 Å². The van der Waals surface area contributed by atoms with Crippen LogP contribution in [-0.2, 0) is 0 Å². The molecule has 0 aliphatic carbocycles. The van der Waals surface area contributed by atoms with Crippen LogP contribution in [0.2, 0.25) is 0 Å². The van der Waals surface area contributed by atoms with Crippen molar-refractivity contribution in [1.82, 2.24) is 35.1 Å². The van der Waals surface area contributed by atoms with Crippen molar-refractivity contribution in [2.45, 2.75) is 19.3 Å². The number of nitrogen functional groups attached to an aromatic ring is 1. The molecule has 0 amide bonds. The summed E-state index contributed by atoms with van der Waals surface area (Å²) >= 11 is 0. The van der Waals surface area contributed by atoms with E-state index in [2.05, 4.69) is 30.6 Å². The number of nitrogens with two attached hydrogens (primary N) is 1. The van der Waals surface area contributed by atoms with Gasteiger partial charge in [0.25, 0.3) is 0 Å². The van der Waals surface area contributed by atoms with Crippen LogP contribution in [0, 0.1) is 0 Å². The molecule has 1 saturated heterocycles. The Morgan fingerprint density at radius 1 is 1.26 bits per heavy atom. The Labute approximate surface area is 133 Å². The molecule has 4 rings (SSSR count). The summed E-state index contributed by atoms with van der Waals surface area (Å²) in [5.41, 5.74) is 7.51. The van der Waals surface area contributed by atoms with Gasteiger partial charge in [-0.15, -0.1) is 5.10 Å². The molecule has 0 unspecified atom stereocenters. The molecule has 0 atom stereocenters. The third kappa shape index (κ3) is 3.39. The van der Waals surface area contributed by atoms with E-state index in [1.54, 1.807) is 19.5 Å². The number of fused-ring (bicyclic) bond motifs is 1. The zero-order valence-corrected chi connectivity index (χ0v) is 13.0. The van der Waals surface area contributed by atoms with E-state index < -0.39 is 0 Å². The van der Waals surface area contributed by atoms with Crippen LogP contribution in [0.4, 0.5) is 5.95 Å². The van der Waals surface area contributed by atoms with Gasteiger partial charge in [-0.3, -0.25) is 5.10 Å². The second kappa shape index (κ2) is 7.05. The van der Waals surface area contributed by atoms with Crippen molar-refractivity contribution >= 4 is 11.6 Å². The Morgan fingerprint density at radius 3 is 2.65 bits per heavy atom. The van der Waals surface area contributed by atoms with Crippen LogP contribution < -0.4 is 15.8 Å². The number of rotatable bonds is 2. The number of hydrogen-bond donors (Lipinski definition) is 3. The molecule has 23 heavy (non-hydrogen) atoms. The van der Waals surface area contributed by atoms with Crippen molar-refractivity contribution in [2.24, 2.45) is 0 Å². The average molecular weight is 316 g/mol. The zero-order chi connectivity index (χ0) is 16.1. The maximum absolute atomic E-state index is 5.54. The van der Waals surface area contributed by atoms with Gasteiger partial charge in [0.15, 0.2) is 5.75 Å². The Morgan fingerprint density at radius 2 is 2.09 bits per heavy atom. The predicted molar refractivity (Wildman–Crippen MR) is 86.0 cm³/mol. The van der Waals surface area contributed by atoms with Gasteiger partial charge in [0.1, 0.15) is 12.0 Å². The highest BCUT2D eigenvalue weighted by Crippen LogP contribution is 2.30. The second-order valence-corrected chi connectivity index (χ2v) is 5.16. The molecule has 0 aromatic carbocycles. The molecule has 9 nitrogen and oxygen atoms in total. The lowest BCUT2D eigenvalue weighted by Gasteiger charge is -2.08. The third-order valence-electron chi connectivity index (χ3n) is 3.54. The number of nitrogens with one attached hydrogen (secondary N) is 2. The van der Waals surface area contributed by atoms with Crippen LogP contribution in [0.3, 0.4) is 0 Å². The standard InChI is InChI=1S/C9H9N7O.C5H11N/c1-17-7-6(5-2-12-13-3-5)11-4-16-8(7)14-9(10)15-16;1-2-4-6-5-3-1/h2-4H,1H3,(H2,10,15)(H,12,13);6H,1-5H2. The number of aromatic nitrogens is 6. The second-order valence-electron chi connectivity index (χ2n) is 5.16. The molecular formula is C14H20N8O. The molecular weight excluding hydrogens is 296 g/mol. The monoisotopic (exact) mass is 316 g/mol. The van der Waals surface area contributed by atoms with Gasteiger partial charge in [-0.05, 0) is 25.9 Å². The molecule has 0 radical (unpaired) electrons. The fraction of sp³-hybridized carbons (Fsp3) is 0.429. The van der Waals surface area contributed by atoms with Crippen LogP contribution in [-0.4, -0.2) is 50.0 Å². The largest absolute Gasteiger partial charge is 0.491 e. The van der Waals surface area contributed by atoms with Gasteiger partial charge in [-0.1, -0.05) is 6.42 Å². The predicted octanol–water partition coefficient (Wildman–Crippen LogP) is 0.865. The molecule has 1 fully saturated rings. The summed E-state index contributed by atoms with van der Waals surface area (Å²) in [6.07, 6.45) is 9.12. The van der Waals surface area contributed by atoms with Crippen molar-refractivity contribution in [3.63, 3.8) is 0 Å². The van der Waals surface area contributed by atoms with Crippen molar-refractivity contribution in [3.05, 3.63) is 18.7 Å². The lowest BCUT2D eigenvalue weighted by atomic mass is 10.2. The lowest BCUT2D eigenvalue weighted by molar-refractivity contribution is 0.416. The van der Waals surface area contributed by atoms with Crippen molar-refractivity contribution in [2.75, 3.05) is 25.9 Å². The topological polar surface area (TPSA) is 119 Å². The highest BCUT2D eigenvalue weighted by atomic mass is 16.5. The van der Waals surface area contributed by atoms with Gasteiger partial charge >= 0.3 is 0 Å². The van der Waals surface area contributed by atoms with Crippen LogP contribution in [0.5, 0.6) is 5.75 Å². The first-order valence-corrected chi connectivity index (χ1v) is 7.54. The SMILES string of the molecule is C1CCNCC1.COc1c(-c2cn[nH]c2)ncn2nc(N)nc12. The summed E-state index contributed by atoms with van der Waals surface area (Å²) in [4.78, 5) is 8.34. The van der Waals surface area contributed by atoms with Crippen molar-refractivity contribution in [1.29, 1.82) is 0 Å². The van der Waals surface area contributed by atoms with Crippen molar-refractivity contribution < 1.29 is 4.74 Å². The van der Waals surface area contributed by atoms with Gasteiger partial charge in [0.2, 0.25) is 11.6 Å². The van der Waals surface area contributed by atoms with Crippen LogP contribution in [0.15, 0.2) is 18.7 Å². The maximum atomic E-state index is 5.54. The number of aromatic amines is 1. The van der Waals surface area contributed by atoms with E-state index in [1.165, 1.54) is 43.2 Å². The van der Waals surface area contributed by atoms with E-state index >= 15 is 0 Å². The summed E-state index contributed by atoms with van der Waals surface area (Å²) in [7, 11) is 1.55. The van der Waals surface area contributed by atoms with Gasteiger partial charge in [0.05, 0.1) is 13.3 Å². The minimum atomic E-state index is 0.175. The Balaban J connectivity index is 0.000000220. The summed E-state index contributed by atoms with van der Waals surface area (Å²) in [6, 6.07) is 0. The first-order valence-electron chi connectivity index (χ1n) is 7.54. The van der Waals surface area contributed by atoms with E-state index in [0.29, 0.717) is 17.1 Å². The molecule has 0 spiro atoms. The molecule has 122 valence electrons. The van der Waals surface area contributed by atoms with Crippen LogP contribution in [0.1, 0.15) is 19.3 Å². The molecule has 1 aliphatic heterocycles. The van der Waals surface area contributed by atoms with Gasteiger partial charge < -0.3 is 15.8 Å². The fourth-order valence-corrected chi connectivity index (χ4v) is 2.43. The summed E-state index contributed by atoms with van der Waals surface area (Å²) < 4.78 is 6.78. The molecule has 0 saturated carbocycles. The first kappa shape index (κ1) is 15.2. The van der Waals surface area contributed by atoms with Gasteiger partial charge in [0, 0.05) is 11.8 Å². The van der Waals surface area contributed by atoms with E-state index in [-0.39, 0.29) is 5.95 Å². The number of piperidine rings is 1. The van der Waals surface area contributed by atoms with Gasteiger partial charge in [-0.25, -0.2) is 4.98 Å². The Kier molecular flexibility index (Phi) is 4.67. The number of nitrogens with zero attached hydrogens (tertiary/aromatic N) is 5. The quantitative estimate of drug-likeness (QED) is 0.641. The smallest absolute Gasteiger partial charge is 0.240 e. The molecule has 4 N–H and O–H groups in total. The number of methoxy groups -OCH3 is 1. The number of hydrogen-bond acceptors (Lipinski definition) is 7. The molecule has 1 aliphatic rings. The summed E-state index contributed by atoms with van der Waals surface area (Å²) in [6.45, 7) is 2.50. The summed E-state index contributed by atoms with van der Waals surface area (Å²) in [5, 5.41) is 13.8.